The Morgan fingerprint density at radius 1 is 1.14 bits per heavy atom. The summed E-state index contributed by atoms with van der Waals surface area (Å²) in [6.07, 6.45) is -1.12. The zero-order chi connectivity index (χ0) is 15.8. The lowest BCUT2D eigenvalue weighted by Crippen LogP contribution is -2.16. The average molecular weight is 293 g/mol. The molecular formula is C14H15NO6. The Morgan fingerprint density at radius 2 is 1.81 bits per heavy atom. The Hall–Kier alpha value is -2.57. The number of Topliss-reactive ketones (excluding diaryl/α,β-unsaturated/α-hetero) is 2. The molecule has 0 spiro atoms. The van der Waals surface area contributed by atoms with E-state index in [9.17, 15) is 24.5 Å². The van der Waals surface area contributed by atoms with Crippen LogP contribution in [0.25, 0.3) is 0 Å². The third-order valence-corrected chi connectivity index (χ3v) is 2.62. The van der Waals surface area contributed by atoms with E-state index in [1.807, 2.05) is 0 Å². The van der Waals surface area contributed by atoms with Gasteiger partial charge in [0.05, 0.1) is 18.0 Å². The molecule has 0 radical (unpaired) electrons. The Balaban J connectivity index is 2.60. The van der Waals surface area contributed by atoms with E-state index in [4.69, 9.17) is 0 Å². The van der Waals surface area contributed by atoms with Crippen molar-refractivity contribution in [3.63, 3.8) is 0 Å². The van der Waals surface area contributed by atoms with Crippen LogP contribution < -0.4 is 0 Å². The summed E-state index contributed by atoms with van der Waals surface area (Å²) in [5.41, 5.74) is 0.0835. The van der Waals surface area contributed by atoms with Crippen LogP contribution in [-0.4, -0.2) is 29.1 Å². The second-order valence-corrected chi connectivity index (χ2v) is 4.30. The van der Waals surface area contributed by atoms with Crippen molar-refractivity contribution in [2.75, 3.05) is 6.61 Å². The number of nitro groups is 1. The summed E-state index contributed by atoms with van der Waals surface area (Å²) < 4.78 is 4.60. The van der Waals surface area contributed by atoms with Gasteiger partial charge in [0.25, 0.3) is 5.69 Å². The van der Waals surface area contributed by atoms with E-state index in [0.29, 0.717) is 0 Å². The summed E-state index contributed by atoms with van der Waals surface area (Å²) in [5.74, 6) is -1.71. The summed E-state index contributed by atoms with van der Waals surface area (Å²) in [4.78, 5) is 44.6. The molecule has 0 bridgehead atoms. The van der Waals surface area contributed by atoms with E-state index >= 15 is 0 Å². The summed E-state index contributed by atoms with van der Waals surface area (Å²) in [7, 11) is 0. The van der Waals surface area contributed by atoms with Gasteiger partial charge in [0.15, 0.2) is 5.78 Å². The van der Waals surface area contributed by atoms with Gasteiger partial charge in [-0.1, -0.05) is 18.2 Å². The van der Waals surface area contributed by atoms with Crippen LogP contribution in [0.3, 0.4) is 0 Å². The van der Waals surface area contributed by atoms with Crippen molar-refractivity contribution in [2.24, 2.45) is 0 Å². The van der Waals surface area contributed by atoms with Crippen molar-refractivity contribution in [1.82, 2.24) is 0 Å². The Kier molecular flexibility index (Phi) is 6.19. The van der Waals surface area contributed by atoms with Gasteiger partial charge in [-0.15, -0.1) is 0 Å². The summed E-state index contributed by atoms with van der Waals surface area (Å²) in [6.45, 7) is 1.78. The highest BCUT2D eigenvalue weighted by Gasteiger charge is 2.19. The smallest absolute Gasteiger partial charge is 0.313 e. The Morgan fingerprint density at radius 3 is 2.43 bits per heavy atom. The van der Waals surface area contributed by atoms with Crippen LogP contribution in [0.15, 0.2) is 24.3 Å². The second kappa shape index (κ2) is 7.88. The third kappa shape index (κ3) is 5.52. The lowest BCUT2D eigenvalue weighted by atomic mass is 10.0. The average Bonchev–Trinajstić information content (AvgIpc) is 2.38. The summed E-state index contributed by atoms with van der Waals surface area (Å²) in [6, 6.07) is 5.84. The predicted molar refractivity (Wildman–Crippen MR) is 72.7 cm³/mol. The fraction of sp³-hybridized carbons (Fsp3) is 0.357. The first-order valence-electron chi connectivity index (χ1n) is 6.35. The number of nitro benzene ring substituents is 1. The zero-order valence-corrected chi connectivity index (χ0v) is 11.5. The second-order valence-electron chi connectivity index (χ2n) is 4.30. The lowest BCUT2D eigenvalue weighted by Gasteiger charge is -2.03. The van der Waals surface area contributed by atoms with Crippen LogP contribution >= 0.6 is 0 Å². The topological polar surface area (TPSA) is 104 Å². The number of hydrogen-bond donors (Lipinski definition) is 0. The van der Waals surface area contributed by atoms with Crippen LogP contribution in [0.2, 0.25) is 0 Å². The molecule has 0 aromatic heterocycles. The van der Waals surface area contributed by atoms with E-state index in [0.717, 1.165) is 0 Å². The maximum atomic E-state index is 11.7. The number of hydrogen-bond acceptors (Lipinski definition) is 6. The van der Waals surface area contributed by atoms with E-state index in [2.05, 4.69) is 4.74 Å². The van der Waals surface area contributed by atoms with Crippen molar-refractivity contribution in [1.29, 1.82) is 0 Å². The van der Waals surface area contributed by atoms with E-state index in [1.165, 1.54) is 18.2 Å². The zero-order valence-electron chi connectivity index (χ0n) is 11.5. The number of benzene rings is 1. The molecule has 0 aliphatic carbocycles. The molecular weight excluding hydrogens is 278 g/mol. The molecule has 1 rings (SSSR count). The van der Waals surface area contributed by atoms with E-state index in [1.54, 1.807) is 13.0 Å². The number of ketones is 2. The molecule has 0 atom stereocenters. The van der Waals surface area contributed by atoms with Crippen LogP contribution in [0.5, 0.6) is 0 Å². The first kappa shape index (κ1) is 16.5. The SMILES string of the molecule is CCOC(=O)CC(=O)CC(=O)Cc1ccccc1[N+](=O)[O-]. The predicted octanol–water partition coefficient (Wildman–Crippen LogP) is 1.62. The number of rotatable bonds is 8. The van der Waals surface area contributed by atoms with Crippen LogP contribution in [-0.2, 0) is 25.5 Å². The molecule has 0 heterocycles. The largest absolute Gasteiger partial charge is 0.466 e. The molecule has 0 unspecified atom stereocenters. The molecule has 21 heavy (non-hydrogen) atoms. The van der Waals surface area contributed by atoms with Gasteiger partial charge in [-0.05, 0) is 6.92 Å². The standard InChI is InChI=1S/C14H15NO6/c1-2-21-14(18)9-12(17)8-11(16)7-10-5-3-4-6-13(10)15(19)20/h3-6H,2,7-9H2,1H3. The molecule has 7 nitrogen and oxygen atoms in total. The Bertz CT molecular complexity index is 566. The quantitative estimate of drug-likeness (QED) is 0.312. The molecule has 112 valence electrons. The van der Waals surface area contributed by atoms with Gasteiger partial charge in [-0.3, -0.25) is 24.5 Å². The number of nitrogens with zero attached hydrogens (tertiary/aromatic N) is 1. The highest BCUT2D eigenvalue weighted by molar-refractivity contribution is 6.06. The molecule has 1 aromatic rings. The first-order chi connectivity index (χ1) is 9.93. The van der Waals surface area contributed by atoms with Crippen molar-refractivity contribution >= 4 is 23.2 Å². The summed E-state index contributed by atoms with van der Waals surface area (Å²) in [5, 5.41) is 10.8. The molecule has 0 amide bonds. The number of esters is 1. The molecule has 0 aliphatic heterocycles. The molecule has 0 fully saturated rings. The molecule has 0 saturated carbocycles. The minimum Gasteiger partial charge on any atom is -0.466 e. The van der Waals surface area contributed by atoms with Crippen molar-refractivity contribution in [3.8, 4) is 0 Å². The minimum atomic E-state index is -0.680. The van der Waals surface area contributed by atoms with E-state index < -0.39 is 35.3 Å². The molecule has 1 aromatic carbocycles. The highest BCUT2D eigenvalue weighted by atomic mass is 16.6. The number of ether oxygens (including phenoxy) is 1. The lowest BCUT2D eigenvalue weighted by molar-refractivity contribution is -0.385. The van der Waals surface area contributed by atoms with Crippen molar-refractivity contribution < 1.29 is 24.0 Å². The monoisotopic (exact) mass is 293 g/mol. The van der Waals surface area contributed by atoms with Crippen LogP contribution in [0.4, 0.5) is 5.69 Å². The third-order valence-electron chi connectivity index (χ3n) is 2.62. The normalized spacial score (nSPS) is 9.95. The molecule has 0 N–H and O–H groups in total. The maximum Gasteiger partial charge on any atom is 0.313 e. The molecule has 0 aliphatic rings. The van der Waals surface area contributed by atoms with Gasteiger partial charge in [-0.2, -0.15) is 0 Å². The number of carbonyl (C=O) groups is 3. The molecule has 7 heteroatoms. The highest BCUT2D eigenvalue weighted by Crippen LogP contribution is 2.18. The van der Waals surface area contributed by atoms with Crippen molar-refractivity contribution in [3.05, 3.63) is 39.9 Å². The van der Waals surface area contributed by atoms with Gasteiger partial charge >= 0.3 is 5.97 Å². The first-order valence-corrected chi connectivity index (χ1v) is 6.35. The van der Waals surface area contributed by atoms with Crippen LogP contribution in [0.1, 0.15) is 25.3 Å². The summed E-state index contributed by atoms with van der Waals surface area (Å²) >= 11 is 0. The molecule has 0 saturated heterocycles. The fourth-order valence-corrected chi connectivity index (χ4v) is 1.77. The maximum absolute atomic E-state index is 11.7. The van der Waals surface area contributed by atoms with Gasteiger partial charge in [0.2, 0.25) is 0 Å². The van der Waals surface area contributed by atoms with Gasteiger partial charge < -0.3 is 4.74 Å². The van der Waals surface area contributed by atoms with Gasteiger partial charge in [0, 0.05) is 18.1 Å². The van der Waals surface area contributed by atoms with Gasteiger partial charge in [-0.25, -0.2) is 0 Å². The van der Waals surface area contributed by atoms with E-state index in [-0.39, 0.29) is 24.3 Å². The van der Waals surface area contributed by atoms with Crippen molar-refractivity contribution in [2.45, 2.75) is 26.2 Å². The number of para-hydroxylation sites is 1. The minimum absolute atomic E-state index is 0.163. The number of carbonyl (C=O) groups excluding carboxylic acids is 3. The van der Waals surface area contributed by atoms with Crippen LogP contribution in [0, 0.1) is 10.1 Å². The Labute approximate surface area is 121 Å². The van der Waals surface area contributed by atoms with Gasteiger partial charge in [0.1, 0.15) is 12.2 Å². The fourth-order valence-electron chi connectivity index (χ4n) is 1.77.